The average molecular weight is 374 g/mol. The maximum atomic E-state index is 5.68. The van der Waals surface area contributed by atoms with Crippen LogP contribution in [0.2, 0.25) is 0 Å². The summed E-state index contributed by atoms with van der Waals surface area (Å²) in [5.74, 6) is 5.68. The largest absolute Gasteiger partial charge is 0.271 e. The predicted octanol–water partition coefficient (Wildman–Crippen LogP) is 4.94. The lowest BCUT2D eigenvalue weighted by Gasteiger charge is -2.16. The van der Waals surface area contributed by atoms with Gasteiger partial charge >= 0.3 is 0 Å². The molecule has 1 aromatic rings. The van der Waals surface area contributed by atoms with E-state index in [0.717, 1.165) is 6.42 Å². The molecule has 0 bridgehead atoms. The Morgan fingerprint density at radius 1 is 1.11 bits per heavy atom. The summed E-state index contributed by atoms with van der Waals surface area (Å²) < 4.78 is 1.27. The number of halogens is 1. The van der Waals surface area contributed by atoms with Gasteiger partial charge in [0.1, 0.15) is 0 Å². The number of hydrogen-bond donors (Lipinski definition) is 2. The fourth-order valence-corrected chi connectivity index (χ4v) is 2.94. The molecule has 1 unspecified atom stereocenters. The molecule has 19 heavy (non-hydrogen) atoms. The molecule has 0 saturated carbocycles. The second kappa shape index (κ2) is 10.6. The summed E-state index contributed by atoms with van der Waals surface area (Å²) in [6.45, 7) is 2.26. The van der Waals surface area contributed by atoms with Gasteiger partial charge in [0.05, 0.1) is 0 Å². The summed E-state index contributed by atoms with van der Waals surface area (Å²) in [6, 6.07) is 8.89. The Morgan fingerprint density at radius 3 is 2.42 bits per heavy atom. The van der Waals surface area contributed by atoms with E-state index in [1.807, 2.05) is 0 Å². The average Bonchev–Trinajstić information content (AvgIpc) is 2.42. The summed E-state index contributed by atoms with van der Waals surface area (Å²) in [7, 11) is 0. The minimum atomic E-state index is 0.297. The molecule has 3 N–H and O–H groups in total. The first-order chi connectivity index (χ1) is 9.27. The van der Waals surface area contributed by atoms with Gasteiger partial charge in [0.15, 0.2) is 0 Å². The van der Waals surface area contributed by atoms with Crippen molar-refractivity contribution in [2.45, 2.75) is 64.3 Å². The van der Waals surface area contributed by atoms with Gasteiger partial charge in [0, 0.05) is 9.61 Å². The van der Waals surface area contributed by atoms with Crippen LogP contribution in [0.15, 0.2) is 24.3 Å². The lowest BCUT2D eigenvalue weighted by atomic mass is 10.00. The first-order valence-corrected chi connectivity index (χ1v) is 8.57. The summed E-state index contributed by atoms with van der Waals surface area (Å²) in [5, 5.41) is 0. The molecule has 0 amide bonds. The van der Waals surface area contributed by atoms with Gasteiger partial charge in [-0.1, -0.05) is 64.0 Å². The van der Waals surface area contributed by atoms with Crippen LogP contribution >= 0.6 is 22.6 Å². The zero-order valence-corrected chi connectivity index (χ0v) is 14.2. The van der Waals surface area contributed by atoms with E-state index < -0.39 is 0 Å². The van der Waals surface area contributed by atoms with E-state index in [9.17, 15) is 0 Å². The van der Waals surface area contributed by atoms with Gasteiger partial charge in [-0.05, 0) is 46.7 Å². The molecule has 0 saturated heterocycles. The molecule has 0 aliphatic carbocycles. The van der Waals surface area contributed by atoms with Crippen molar-refractivity contribution < 1.29 is 0 Å². The number of rotatable bonds is 10. The van der Waals surface area contributed by atoms with Gasteiger partial charge in [-0.2, -0.15) is 0 Å². The number of hydrazine groups is 1. The normalized spacial score (nSPS) is 12.6. The van der Waals surface area contributed by atoms with Crippen molar-refractivity contribution in [3.05, 3.63) is 33.4 Å². The highest BCUT2D eigenvalue weighted by Crippen LogP contribution is 2.21. The van der Waals surface area contributed by atoms with E-state index >= 15 is 0 Å². The third-order valence-electron chi connectivity index (χ3n) is 3.55. The van der Waals surface area contributed by atoms with Gasteiger partial charge in [-0.15, -0.1) is 0 Å². The van der Waals surface area contributed by atoms with Crippen LogP contribution in [0.25, 0.3) is 0 Å². The number of hydrogen-bond acceptors (Lipinski definition) is 2. The van der Waals surface area contributed by atoms with Crippen LogP contribution in [0.4, 0.5) is 0 Å². The Labute approximate surface area is 131 Å². The number of nitrogens with two attached hydrogens (primary N) is 1. The second-order valence-electron chi connectivity index (χ2n) is 5.18. The molecular formula is C16H27IN2. The molecule has 0 spiro atoms. The zero-order valence-electron chi connectivity index (χ0n) is 12.0. The minimum absolute atomic E-state index is 0.297. The van der Waals surface area contributed by atoms with E-state index in [4.69, 9.17) is 5.84 Å². The molecule has 0 heterocycles. The van der Waals surface area contributed by atoms with Gasteiger partial charge in [0.25, 0.3) is 0 Å². The standard InChI is InChI=1S/C16H27IN2/c1-2-3-4-5-6-7-8-12-16(19-18)14-10-9-11-15(17)13-14/h9-11,13,16,19H,2-8,12,18H2,1H3. The van der Waals surface area contributed by atoms with Crippen LogP contribution in [-0.2, 0) is 0 Å². The predicted molar refractivity (Wildman–Crippen MR) is 91.8 cm³/mol. The van der Waals surface area contributed by atoms with Crippen molar-refractivity contribution in [3.63, 3.8) is 0 Å². The third kappa shape index (κ3) is 7.28. The van der Waals surface area contributed by atoms with E-state index in [0.29, 0.717) is 6.04 Å². The molecule has 0 aliphatic heterocycles. The second-order valence-corrected chi connectivity index (χ2v) is 6.43. The first-order valence-electron chi connectivity index (χ1n) is 7.49. The zero-order chi connectivity index (χ0) is 13.9. The van der Waals surface area contributed by atoms with Crippen molar-refractivity contribution in [1.82, 2.24) is 5.43 Å². The first kappa shape index (κ1) is 16.9. The Kier molecular flexibility index (Phi) is 9.47. The smallest absolute Gasteiger partial charge is 0.0460 e. The van der Waals surface area contributed by atoms with Crippen molar-refractivity contribution in [2.75, 3.05) is 0 Å². The highest BCUT2D eigenvalue weighted by Gasteiger charge is 2.09. The number of unbranched alkanes of at least 4 members (excludes halogenated alkanes) is 6. The molecule has 1 atom stereocenters. The van der Waals surface area contributed by atoms with E-state index in [1.165, 1.54) is 54.1 Å². The summed E-state index contributed by atoms with van der Waals surface area (Å²) in [5.41, 5.74) is 4.26. The summed E-state index contributed by atoms with van der Waals surface area (Å²) in [4.78, 5) is 0. The maximum Gasteiger partial charge on any atom is 0.0460 e. The Morgan fingerprint density at radius 2 is 1.79 bits per heavy atom. The van der Waals surface area contributed by atoms with Crippen molar-refractivity contribution in [1.29, 1.82) is 0 Å². The monoisotopic (exact) mass is 374 g/mol. The molecular weight excluding hydrogens is 347 g/mol. The van der Waals surface area contributed by atoms with Crippen LogP contribution in [-0.4, -0.2) is 0 Å². The molecule has 108 valence electrons. The summed E-state index contributed by atoms with van der Waals surface area (Å²) in [6.07, 6.45) is 10.6. The Hall–Kier alpha value is -0.130. The van der Waals surface area contributed by atoms with Crippen LogP contribution < -0.4 is 11.3 Å². The van der Waals surface area contributed by atoms with Gasteiger partial charge in [0.2, 0.25) is 0 Å². The number of benzene rings is 1. The molecule has 1 rings (SSSR count). The lowest BCUT2D eigenvalue weighted by Crippen LogP contribution is -2.28. The SMILES string of the molecule is CCCCCCCCCC(NN)c1cccc(I)c1. The molecule has 0 aliphatic rings. The Bertz CT molecular complexity index is 341. The van der Waals surface area contributed by atoms with E-state index in [2.05, 4.69) is 59.2 Å². The molecule has 1 aromatic carbocycles. The third-order valence-corrected chi connectivity index (χ3v) is 4.22. The van der Waals surface area contributed by atoms with Crippen molar-refractivity contribution in [2.24, 2.45) is 5.84 Å². The topological polar surface area (TPSA) is 38.0 Å². The molecule has 3 heteroatoms. The van der Waals surface area contributed by atoms with Gasteiger partial charge < -0.3 is 0 Å². The van der Waals surface area contributed by atoms with E-state index in [1.54, 1.807) is 0 Å². The number of nitrogens with one attached hydrogen (secondary N) is 1. The van der Waals surface area contributed by atoms with Crippen LogP contribution in [0, 0.1) is 3.57 Å². The van der Waals surface area contributed by atoms with Gasteiger partial charge in [-0.3, -0.25) is 11.3 Å². The van der Waals surface area contributed by atoms with Crippen LogP contribution in [0.5, 0.6) is 0 Å². The van der Waals surface area contributed by atoms with E-state index in [-0.39, 0.29) is 0 Å². The fraction of sp³-hybridized carbons (Fsp3) is 0.625. The van der Waals surface area contributed by atoms with Crippen LogP contribution in [0.1, 0.15) is 69.9 Å². The molecule has 0 aromatic heterocycles. The lowest BCUT2D eigenvalue weighted by molar-refractivity contribution is 0.475. The van der Waals surface area contributed by atoms with Crippen molar-refractivity contribution in [3.8, 4) is 0 Å². The maximum absolute atomic E-state index is 5.68. The molecule has 0 radical (unpaired) electrons. The fourth-order valence-electron chi connectivity index (χ4n) is 2.38. The summed E-state index contributed by atoms with van der Waals surface area (Å²) >= 11 is 2.35. The van der Waals surface area contributed by atoms with Gasteiger partial charge in [-0.25, -0.2) is 0 Å². The Balaban J connectivity index is 2.22. The molecule has 2 nitrogen and oxygen atoms in total. The van der Waals surface area contributed by atoms with Crippen molar-refractivity contribution >= 4 is 22.6 Å². The molecule has 0 fully saturated rings. The minimum Gasteiger partial charge on any atom is -0.271 e. The quantitative estimate of drug-likeness (QED) is 0.264. The highest BCUT2D eigenvalue weighted by molar-refractivity contribution is 14.1. The highest BCUT2D eigenvalue weighted by atomic mass is 127. The van der Waals surface area contributed by atoms with Crippen LogP contribution in [0.3, 0.4) is 0 Å².